The third-order valence-electron chi connectivity index (χ3n) is 4.61. The number of hydrogen-bond acceptors (Lipinski definition) is 3. The van der Waals surface area contributed by atoms with Gasteiger partial charge in [-0.15, -0.1) is 0 Å². The van der Waals surface area contributed by atoms with E-state index in [1.807, 2.05) is 18.2 Å². The molecule has 0 saturated heterocycles. The average molecular weight is 277 g/mol. The van der Waals surface area contributed by atoms with Crippen molar-refractivity contribution in [2.24, 2.45) is 5.41 Å². The minimum atomic E-state index is 0.225. The van der Waals surface area contributed by atoms with Crippen LogP contribution in [0.25, 0.3) is 0 Å². The first kappa shape index (κ1) is 15.2. The van der Waals surface area contributed by atoms with E-state index in [0.29, 0.717) is 17.2 Å². The summed E-state index contributed by atoms with van der Waals surface area (Å²) in [6.45, 7) is 5.61. The second-order valence-corrected chi connectivity index (χ2v) is 6.82. The molecule has 0 heterocycles. The molecule has 0 radical (unpaired) electrons. The van der Waals surface area contributed by atoms with Gasteiger partial charge < -0.3 is 9.84 Å². The number of phenols is 1. The number of aromatic hydroxyl groups is 1. The van der Waals surface area contributed by atoms with E-state index in [0.717, 1.165) is 12.1 Å². The van der Waals surface area contributed by atoms with Crippen molar-refractivity contribution in [2.75, 3.05) is 14.2 Å². The molecule has 1 aromatic rings. The van der Waals surface area contributed by atoms with Gasteiger partial charge in [-0.05, 0) is 55.8 Å². The smallest absolute Gasteiger partial charge is 0.160 e. The van der Waals surface area contributed by atoms with E-state index in [4.69, 9.17) is 4.74 Å². The van der Waals surface area contributed by atoms with E-state index in [2.05, 4.69) is 25.8 Å². The van der Waals surface area contributed by atoms with Crippen LogP contribution in [0.5, 0.6) is 11.5 Å². The summed E-state index contributed by atoms with van der Waals surface area (Å²) in [4.78, 5) is 2.41. The Morgan fingerprint density at radius 2 is 1.95 bits per heavy atom. The maximum absolute atomic E-state index is 9.84. The van der Waals surface area contributed by atoms with Crippen molar-refractivity contribution in [3.05, 3.63) is 23.8 Å². The predicted octanol–water partition coefficient (Wildman–Crippen LogP) is 3.80. The molecule has 0 spiro atoms. The van der Waals surface area contributed by atoms with Gasteiger partial charge in [0.25, 0.3) is 0 Å². The number of rotatable bonds is 4. The molecule has 3 nitrogen and oxygen atoms in total. The minimum absolute atomic E-state index is 0.225. The van der Waals surface area contributed by atoms with Crippen LogP contribution in [0.2, 0.25) is 0 Å². The summed E-state index contributed by atoms with van der Waals surface area (Å²) >= 11 is 0. The Morgan fingerprint density at radius 3 is 2.50 bits per heavy atom. The van der Waals surface area contributed by atoms with Crippen LogP contribution < -0.4 is 4.74 Å². The van der Waals surface area contributed by atoms with Crippen LogP contribution >= 0.6 is 0 Å². The van der Waals surface area contributed by atoms with Crippen LogP contribution in [0.1, 0.15) is 45.1 Å². The van der Waals surface area contributed by atoms with Crippen LogP contribution in [0.4, 0.5) is 0 Å². The zero-order valence-electron chi connectivity index (χ0n) is 13.1. The summed E-state index contributed by atoms with van der Waals surface area (Å²) in [5, 5.41) is 9.84. The van der Waals surface area contributed by atoms with Gasteiger partial charge in [-0.2, -0.15) is 0 Å². The highest BCUT2D eigenvalue weighted by atomic mass is 16.5. The molecule has 0 unspecified atom stereocenters. The van der Waals surface area contributed by atoms with Crippen LogP contribution in [0, 0.1) is 5.41 Å². The van der Waals surface area contributed by atoms with Crippen molar-refractivity contribution in [1.29, 1.82) is 0 Å². The Kier molecular flexibility index (Phi) is 4.59. The van der Waals surface area contributed by atoms with Gasteiger partial charge in [-0.25, -0.2) is 0 Å². The van der Waals surface area contributed by atoms with E-state index >= 15 is 0 Å². The quantitative estimate of drug-likeness (QED) is 0.908. The summed E-state index contributed by atoms with van der Waals surface area (Å²) < 4.78 is 5.08. The SMILES string of the molecule is COc1ccc(CN(C)C2CCC(C)(C)CC2)cc1O. The molecule has 1 saturated carbocycles. The maximum Gasteiger partial charge on any atom is 0.160 e. The van der Waals surface area contributed by atoms with Crippen molar-refractivity contribution in [2.45, 2.75) is 52.1 Å². The third kappa shape index (κ3) is 3.66. The van der Waals surface area contributed by atoms with Crippen LogP contribution in [-0.2, 0) is 6.54 Å². The molecule has 112 valence electrons. The summed E-state index contributed by atoms with van der Waals surface area (Å²) in [5.41, 5.74) is 1.64. The lowest BCUT2D eigenvalue weighted by molar-refractivity contribution is 0.123. The normalized spacial score (nSPS) is 19.2. The van der Waals surface area contributed by atoms with Gasteiger partial charge in [0.2, 0.25) is 0 Å². The van der Waals surface area contributed by atoms with Gasteiger partial charge in [0.1, 0.15) is 0 Å². The molecule has 1 aromatic carbocycles. The van der Waals surface area contributed by atoms with Gasteiger partial charge in [-0.1, -0.05) is 19.9 Å². The second kappa shape index (κ2) is 6.04. The van der Waals surface area contributed by atoms with Crippen LogP contribution in [0.15, 0.2) is 18.2 Å². The zero-order chi connectivity index (χ0) is 14.8. The summed E-state index contributed by atoms with van der Waals surface area (Å²) in [6, 6.07) is 6.33. The summed E-state index contributed by atoms with van der Waals surface area (Å²) in [6.07, 6.45) is 5.14. The number of methoxy groups -OCH3 is 1. The number of benzene rings is 1. The monoisotopic (exact) mass is 277 g/mol. The molecular weight excluding hydrogens is 250 g/mol. The fraction of sp³-hybridized carbons (Fsp3) is 0.647. The standard InChI is InChI=1S/C17H27NO2/c1-17(2)9-7-14(8-10-17)18(3)12-13-5-6-16(20-4)15(19)11-13/h5-6,11,14,19H,7-10,12H2,1-4H3. The van der Waals surface area contributed by atoms with E-state index in [1.54, 1.807) is 7.11 Å². The van der Waals surface area contributed by atoms with Crippen molar-refractivity contribution >= 4 is 0 Å². The molecule has 0 amide bonds. The van der Waals surface area contributed by atoms with Crippen molar-refractivity contribution in [3.8, 4) is 11.5 Å². The molecule has 0 atom stereocenters. The van der Waals surface area contributed by atoms with E-state index in [1.165, 1.54) is 25.7 Å². The molecule has 0 bridgehead atoms. The number of phenolic OH excluding ortho intramolecular Hbond substituents is 1. The Bertz CT molecular complexity index is 446. The zero-order valence-corrected chi connectivity index (χ0v) is 13.1. The molecule has 1 aliphatic rings. The first-order valence-corrected chi connectivity index (χ1v) is 7.47. The predicted molar refractivity (Wildman–Crippen MR) is 82.2 cm³/mol. The first-order valence-electron chi connectivity index (χ1n) is 7.47. The van der Waals surface area contributed by atoms with E-state index < -0.39 is 0 Å². The largest absolute Gasteiger partial charge is 0.504 e. The van der Waals surface area contributed by atoms with E-state index in [-0.39, 0.29) is 5.75 Å². The summed E-state index contributed by atoms with van der Waals surface area (Å²) in [7, 11) is 3.76. The lowest BCUT2D eigenvalue weighted by Gasteiger charge is -2.38. The minimum Gasteiger partial charge on any atom is -0.504 e. The van der Waals surface area contributed by atoms with Gasteiger partial charge in [0, 0.05) is 12.6 Å². The number of ether oxygens (including phenoxy) is 1. The first-order chi connectivity index (χ1) is 9.41. The Morgan fingerprint density at radius 1 is 1.30 bits per heavy atom. The lowest BCUT2D eigenvalue weighted by Crippen LogP contribution is -2.36. The molecule has 0 aliphatic heterocycles. The molecular formula is C17H27NO2. The second-order valence-electron chi connectivity index (χ2n) is 6.82. The maximum atomic E-state index is 9.84. The fourth-order valence-corrected chi connectivity index (χ4v) is 3.08. The lowest BCUT2D eigenvalue weighted by atomic mass is 9.75. The highest BCUT2D eigenvalue weighted by Gasteiger charge is 2.28. The molecule has 1 aliphatic carbocycles. The molecule has 0 aromatic heterocycles. The van der Waals surface area contributed by atoms with Gasteiger partial charge in [0.05, 0.1) is 7.11 Å². The molecule has 1 fully saturated rings. The Balaban J connectivity index is 1.94. The average Bonchev–Trinajstić information content (AvgIpc) is 2.38. The van der Waals surface area contributed by atoms with Crippen molar-refractivity contribution in [3.63, 3.8) is 0 Å². The Hall–Kier alpha value is -1.22. The van der Waals surface area contributed by atoms with Crippen LogP contribution in [0.3, 0.4) is 0 Å². The molecule has 2 rings (SSSR count). The third-order valence-corrected chi connectivity index (χ3v) is 4.61. The molecule has 3 heteroatoms. The van der Waals surface area contributed by atoms with Crippen molar-refractivity contribution < 1.29 is 9.84 Å². The highest BCUT2D eigenvalue weighted by Crippen LogP contribution is 2.37. The fourth-order valence-electron chi connectivity index (χ4n) is 3.08. The Labute approximate surface area is 122 Å². The van der Waals surface area contributed by atoms with E-state index in [9.17, 15) is 5.11 Å². The molecule has 20 heavy (non-hydrogen) atoms. The van der Waals surface area contributed by atoms with Crippen LogP contribution in [-0.4, -0.2) is 30.2 Å². The van der Waals surface area contributed by atoms with Gasteiger partial charge >= 0.3 is 0 Å². The summed E-state index contributed by atoms with van der Waals surface area (Å²) in [5.74, 6) is 0.763. The number of hydrogen-bond donors (Lipinski definition) is 1. The molecule has 1 N–H and O–H groups in total. The van der Waals surface area contributed by atoms with Gasteiger partial charge in [-0.3, -0.25) is 4.90 Å². The highest BCUT2D eigenvalue weighted by molar-refractivity contribution is 5.41. The van der Waals surface area contributed by atoms with Gasteiger partial charge in [0.15, 0.2) is 11.5 Å². The topological polar surface area (TPSA) is 32.7 Å². The number of nitrogens with zero attached hydrogens (tertiary/aromatic N) is 1. The van der Waals surface area contributed by atoms with Crippen molar-refractivity contribution in [1.82, 2.24) is 4.90 Å².